The fourth-order valence-corrected chi connectivity index (χ4v) is 4.96. The van der Waals surface area contributed by atoms with Crippen molar-refractivity contribution in [1.29, 1.82) is 0 Å². The Bertz CT molecular complexity index is 1040. The van der Waals surface area contributed by atoms with E-state index in [0.717, 1.165) is 42.2 Å². The summed E-state index contributed by atoms with van der Waals surface area (Å²) in [7, 11) is 0. The number of allylic oxidation sites excluding steroid dienone is 4. The molecule has 27 heavy (non-hydrogen) atoms. The van der Waals surface area contributed by atoms with E-state index in [1.165, 1.54) is 24.6 Å². The minimum atomic E-state index is -0.334. The maximum atomic E-state index is 14.5. The van der Waals surface area contributed by atoms with Crippen LogP contribution in [-0.4, -0.2) is 20.4 Å². The summed E-state index contributed by atoms with van der Waals surface area (Å²) in [5, 5.41) is 5.87. The molecular weight excluding hydrogens is 359 g/mol. The van der Waals surface area contributed by atoms with Gasteiger partial charge in [-0.2, -0.15) is 0 Å². The summed E-state index contributed by atoms with van der Waals surface area (Å²) >= 11 is 1.61. The Morgan fingerprint density at radius 1 is 1.26 bits per heavy atom. The first-order valence-electron chi connectivity index (χ1n) is 9.53. The van der Waals surface area contributed by atoms with Crippen LogP contribution in [0.15, 0.2) is 42.1 Å². The molecule has 0 amide bonds. The predicted octanol–water partition coefficient (Wildman–Crippen LogP) is 5.68. The lowest BCUT2D eigenvalue weighted by atomic mass is 10.0. The van der Waals surface area contributed by atoms with Crippen molar-refractivity contribution in [2.75, 3.05) is 5.32 Å². The van der Waals surface area contributed by atoms with Gasteiger partial charge in [0.1, 0.15) is 11.5 Å². The van der Waals surface area contributed by atoms with Crippen LogP contribution in [0.1, 0.15) is 44.2 Å². The average Bonchev–Trinajstić information content (AvgIpc) is 3.42. The van der Waals surface area contributed by atoms with Crippen LogP contribution in [0.25, 0.3) is 21.8 Å². The molecule has 0 bridgehead atoms. The zero-order valence-corrected chi connectivity index (χ0v) is 15.8. The molecule has 5 rings (SSSR count). The zero-order chi connectivity index (χ0) is 18.2. The van der Waals surface area contributed by atoms with Crippen molar-refractivity contribution in [2.24, 2.45) is 0 Å². The van der Waals surface area contributed by atoms with E-state index >= 15 is 0 Å². The quantitative estimate of drug-likeness (QED) is 0.633. The Hall–Kier alpha value is -2.47. The number of pyridine rings is 1. The topological polar surface area (TPSA) is 42.2 Å². The second-order valence-electron chi connectivity index (χ2n) is 7.19. The number of halogens is 1. The van der Waals surface area contributed by atoms with Gasteiger partial charge in [-0.05, 0) is 37.3 Å². The first-order valence-corrected chi connectivity index (χ1v) is 10.4. The van der Waals surface area contributed by atoms with Gasteiger partial charge in [0, 0.05) is 23.2 Å². The Morgan fingerprint density at radius 2 is 2.15 bits per heavy atom. The molecule has 3 heterocycles. The summed E-state index contributed by atoms with van der Waals surface area (Å²) in [6, 6.07) is 2.13. The summed E-state index contributed by atoms with van der Waals surface area (Å²) < 4.78 is 16.7. The van der Waals surface area contributed by atoms with Crippen LogP contribution >= 0.6 is 11.3 Å². The summed E-state index contributed by atoms with van der Waals surface area (Å²) in [5.74, 6) is 0.577. The zero-order valence-electron chi connectivity index (χ0n) is 15.0. The summed E-state index contributed by atoms with van der Waals surface area (Å²) in [5.41, 5.74) is 3.65. The van der Waals surface area contributed by atoms with Gasteiger partial charge in [-0.15, -0.1) is 11.3 Å². The molecule has 2 aliphatic rings. The third-order valence-electron chi connectivity index (χ3n) is 5.43. The number of imidazole rings is 1. The Balaban J connectivity index is 1.70. The van der Waals surface area contributed by atoms with Crippen LogP contribution in [-0.2, 0) is 0 Å². The lowest BCUT2D eigenvalue weighted by Crippen LogP contribution is -2.17. The molecule has 3 aromatic rings. The number of thiazole rings is 1. The summed E-state index contributed by atoms with van der Waals surface area (Å²) in [6.07, 6.45) is 16.2. The number of aromatic nitrogens is 3. The number of nitrogens with one attached hydrogen (secondary N) is 1. The van der Waals surface area contributed by atoms with Gasteiger partial charge in [0.15, 0.2) is 10.8 Å². The normalized spacial score (nSPS) is 17.6. The van der Waals surface area contributed by atoms with Gasteiger partial charge >= 0.3 is 0 Å². The molecule has 0 spiro atoms. The Kier molecular flexibility index (Phi) is 4.28. The number of anilines is 1. The molecule has 0 aromatic carbocycles. The van der Waals surface area contributed by atoms with E-state index in [-0.39, 0.29) is 5.82 Å². The highest BCUT2D eigenvalue weighted by Gasteiger charge is 2.25. The van der Waals surface area contributed by atoms with E-state index in [1.54, 1.807) is 23.6 Å². The molecule has 0 radical (unpaired) electrons. The number of hydrogen-bond donors (Lipinski definition) is 1. The molecule has 138 valence electrons. The molecular formula is C21H21FN4S. The van der Waals surface area contributed by atoms with E-state index in [2.05, 4.69) is 38.3 Å². The Labute approximate surface area is 161 Å². The second-order valence-corrected chi connectivity index (χ2v) is 8.02. The van der Waals surface area contributed by atoms with Gasteiger partial charge in [-0.3, -0.25) is 9.38 Å². The third kappa shape index (κ3) is 2.98. The third-order valence-corrected chi connectivity index (χ3v) is 6.26. The van der Waals surface area contributed by atoms with Gasteiger partial charge in [0.25, 0.3) is 0 Å². The second kappa shape index (κ2) is 6.93. The van der Waals surface area contributed by atoms with Gasteiger partial charge in [-0.25, -0.2) is 9.37 Å². The van der Waals surface area contributed by atoms with Crippen LogP contribution in [0.5, 0.6) is 0 Å². The van der Waals surface area contributed by atoms with Gasteiger partial charge < -0.3 is 5.32 Å². The maximum absolute atomic E-state index is 14.5. The van der Waals surface area contributed by atoms with Crippen LogP contribution < -0.4 is 5.32 Å². The van der Waals surface area contributed by atoms with E-state index in [0.29, 0.717) is 17.3 Å². The van der Waals surface area contributed by atoms with E-state index in [4.69, 9.17) is 4.98 Å². The fourth-order valence-electron chi connectivity index (χ4n) is 4.05. The van der Waals surface area contributed by atoms with Crippen molar-refractivity contribution in [2.45, 2.75) is 44.6 Å². The van der Waals surface area contributed by atoms with E-state index < -0.39 is 0 Å². The monoisotopic (exact) mass is 380 g/mol. The van der Waals surface area contributed by atoms with Crippen molar-refractivity contribution in [1.82, 2.24) is 14.4 Å². The molecule has 0 unspecified atom stereocenters. The number of fused-ring (bicyclic) bond motifs is 1. The highest BCUT2D eigenvalue weighted by molar-refractivity contribution is 7.15. The molecule has 2 aliphatic carbocycles. The first kappa shape index (κ1) is 16.7. The lowest BCUT2D eigenvalue weighted by molar-refractivity contribution is 0.624. The fraction of sp³-hybridized carbons (Fsp3) is 0.333. The molecule has 0 atom stereocenters. The highest BCUT2D eigenvalue weighted by atomic mass is 32.1. The van der Waals surface area contributed by atoms with Crippen molar-refractivity contribution in [3.8, 4) is 11.3 Å². The molecule has 3 aromatic heterocycles. The molecule has 0 aliphatic heterocycles. The molecule has 0 saturated heterocycles. The first-order chi connectivity index (χ1) is 13.3. The molecule has 1 saturated carbocycles. The Morgan fingerprint density at radius 3 is 2.93 bits per heavy atom. The van der Waals surface area contributed by atoms with Gasteiger partial charge in [0.2, 0.25) is 0 Å². The molecule has 1 N–H and O–H groups in total. The van der Waals surface area contributed by atoms with Crippen molar-refractivity contribution < 1.29 is 4.39 Å². The maximum Gasteiger partial charge on any atom is 0.196 e. The van der Waals surface area contributed by atoms with Gasteiger partial charge in [-0.1, -0.05) is 31.1 Å². The van der Waals surface area contributed by atoms with Crippen molar-refractivity contribution in [3.63, 3.8) is 0 Å². The number of hydrogen-bond acceptors (Lipinski definition) is 4. The van der Waals surface area contributed by atoms with E-state index in [1.807, 2.05) is 0 Å². The van der Waals surface area contributed by atoms with Crippen LogP contribution in [0, 0.1) is 5.82 Å². The van der Waals surface area contributed by atoms with Crippen molar-refractivity contribution in [3.05, 3.63) is 53.6 Å². The minimum absolute atomic E-state index is 0.334. The SMILES string of the molecule is Fc1cnccc1-c1nc2scc(C3=CC=CCC3)n2c1NC1CCCC1. The van der Waals surface area contributed by atoms with Crippen LogP contribution in [0.2, 0.25) is 0 Å². The molecule has 6 heteroatoms. The standard InChI is InChI=1S/C21H21FN4S/c22-17-12-23-11-10-16(17)19-20(24-15-8-4-5-9-15)26-18(13-27-21(26)25-19)14-6-2-1-3-7-14/h1-2,6,10-13,15,24H,3-5,7-9H2. The van der Waals surface area contributed by atoms with Crippen LogP contribution in [0.3, 0.4) is 0 Å². The largest absolute Gasteiger partial charge is 0.367 e. The highest BCUT2D eigenvalue weighted by Crippen LogP contribution is 2.38. The summed E-state index contributed by atoms with van der Waals surface area (Å²) in [6.45, 7) is 0. The number of nitrogens with zero attached hydrogens (tertiary/aromatic N) is 3. The predicted molar refractivity (Wildman–Crippen MR) is 108 cm³/mol. The van der Waals surface area contributed by atoms with E-state index in [9.17, 15) is 4.39 Å². The summed E-state index contributed by atoms with van der Waals surface area (Å²) in [4.78, 5) is 9.59. The number of rotatable bonds is 4. The lowest BCUT2D eigenvalue weighted by Gasteiger charge is -2.16. The smallest absolute Gasteiger partial charge is 0.196 e. The van der Waals surface area contributed by atoms with Crippen LogP contribution in [0.4, 0.5) is 10.2 Å². The van der Waals surface area contributed by atoms with Crippen molar-refractivity contribution >= 4 is 27.7 Å². The molecule has 4 nitrogen and oxygen atoms in total. The minimum Gasteiger partial charge on any atom is -0.367 e. The molecule has 1 fully saturated rings. The average molecular weight is 380 g/mol. The van der Waals surface area contributed by atoms with Gasteiger partial charge in [0.05, 0.1) is 11.9 Å².